The minimum Gasteiger partial charge on any atom is -0.497 e. The van der Waals surface area contributed by atoms with Crippen LogP contribution in [0.5, 0.6) is 28.7 Å². The van der Waals surface area contributed by atoms with Crippen molar-refractivity contribution >= 4 is 5.71 Å². The van der Waals surface area contributed by atoms with Crippen molar-refractivity contribution in [1.82, 2.24) is 5.01 Å². The Morgan fingerprint density at radius 3 is 2.27 bits per heavy atom. The van der Waals surface area contributed by atoms with Gasteiger partial charge in [-0.25, -0.2) is 5.01 Å². The third-order valence-corrected chi connectivity index (χ3v) is 6.12. The van der Waals surface area contributed by atoms with E-state index in [1.807, 2.05) is 59.6 Å². The zero-order valence-corrected chi connectivity index (χ0v) is 19.1. The molecule has 0 radical (unpaired) electrons. The molecule has 2 aliphatic rings. The van der Waals surface area contributed by atoms with E-state index >= 15 is 0 Å². The predicted molar refractivity (Wildman–Crippen MR) is 125 cm³/mol. The molecule has 0 amide bonds. The highest BCUT2D eigenvalue weighted by molar-refractivity contribution is 6.02. The Hall–Kier alpha value is -3.87. The Labute approximate surface area is 193 Å². The van der Waals surface area contributed by atoms with Gasteiger partial charge >= 0.3 is 0 Å². The van der Waals surface area contributed by atoms with Crippen molar-refractivity contribution in [3.63, 3.8) is 0 Å². The van der Waals surface area contributed by atoms with E-state index in [1.54, 1.807) is 28.4 Å². The number of para-hydroxylation sites is 1. The maximum absolute atomic E-state index is 6.53. The first kappa shape index (κ1) is 21.0. The van der Waals surface area contributed by atoms with E-state index in [0.29, 0.717) is 17.2 Å². The molecule has 0 bridgehead atoms. The quantitative estimate of drug-likeness (QED) is 0.533. The largest absolute Gasteiger partial charge is 0.497 e. The van der Waals surface area contributed by atoms with Crippen LogP contribution in [0.2, 0.25) is 0 Å². The van der Waals surface area contributed by atoms with Gasteiger partial charge in [-0.05, 0) is 54.1 Å². The van der Waals surface area contributed by atoms with Crippen LogP contribution in [-0.4, -0.2) is 39.2 Å². The van der Waals surface area contributed by atoms with Gasteiger partial charge in [-0.15, -0.1) is 0 Å². The SMILES string of the molecule is COc1ccc(C2=NN3C(C2)c2cccc(OC)c2OC3c2ccc(OC)c(OC)c2)cc1. The molecule has 3 aromatic rings. The first-order chi connectivity index (χ1) is 16.2. The number of methoxy groups -OCH3 is 4. The zero-order chi connectivity index (χ0) is 22.9. The summed E-state index contributed by atoms with van der Waals surface area (Å²) < 4.78 is 28.4. The summed E-state index contributed by atoms with van der Waals surface area (Å²) in [6, 6.07) is 19.8. The van der Waals surface area contributed by atoms with Gasteiger partial charge in [0.1, 0.15) is 5.75 Å². The second-order valence-corrected chi connectivity index (χ2v) is 7.84. The fourth-order valence-corrected chi connectivity index (χ4v) is 4.43. The summed E-state index contributed by atoms with van der Waals surface area (Å²) in [6.07, 6.45) is 0.300. The van der Waals surface area contributed by atoms with E-state index in [1.165, 1.54) is 0 Å². The molecule has 2 aliphatic heterocycles. The van der Waals surface area contributed by atoms with Crippen LogP contribution in [-0.2, 0) is 0 Å². The topological polar surface area (TPSA) is 61.8 Å². The second-order valence-electron chi connectivity index (χ2n) is 7.84. The molecule has 0 saturated heterocycles. The molecule has 3 aromatic carbocycles. The predicted octanol–water partition coefficient (Wildman–Crippen LogP) is 4.96. The molecule has 2 atom stereocenters. The van der Waals surface area contributed by atoms with Crippen LogP contribution in [0.3, 0.4) is 0 Å². The number of benzene rings is 3. The van der Waals surface area contributed by atoms with Crippen LogP contribution < -0.4 is 23.7 Å². The monoisotopic (exact) mass is 446 g/mol. The molecular formula is C26H26N2O5. The summed E-state index contributed by atoms with van der Waals surface area (Å²) in [7, 11) is 6.57. The Kier molecular flexibility index (Phi) is 5.46. The van der Waals surface area contributed by atoms with Gasteiger partial charge in [0.25, 0.3) is 0 Å². The van der Waals surface area contributed by atoms with Gasteiger partial charge in [0.15, 0.2) is 23.0 Å². The van der Waals surface area contributed by atoms with Crippen LogP contribution in [0.4, 0.5) is 0 Å². The summed E-state index contributed by atoms with van der Waals surface area (Å²) in [5.41, 5.74) is 4.01. The summed E-state index contributed by atoms with van der Waals surface area (Å²) in [5.74, 6) is 3.56. The van der Waals surface area contributed by atoms with Crippen LogP contribution in [0.1, 0.15) is 35.4 Å². The highest BCUT2D eigenvalue weighted by Gasteiger charge is 2.42. The van der Waals surface area contributed by atoms with Crippen LogP contribution in [0, 0.1) is 0 Å². The number of hydrogen-bond acceptors (Lipinski definition) is 7. The Morgan fingerprint density at radius 2 is 1.58 bits per heavy atom. The van der Waals surface area contributed by atoms with Gasteiger partial charge in [-0.1, -0.05) is 12.1 Å². The first-order valence-electron chi connectivity index (χ1n) is 10.7. The van der Waals surface area contributed by atoms with Gasteiger partial charge in [0.05, 0.1) is 40.2 Å². The number of hydrazone groups is 1. The average molecular weight is 447 g/mol. The first-order valence-corrected chi connectivity index (χ1v) is 10.7. The third-order valence-electron chi connectivity index (χ3n) is 6.12. The molecule has 2 heterocycles. The maximum Gasteiger partial charge on any atom is 0.214 e. The zero-order valence-electron chi connectivity index (χ0n) is 19.1. The molecule has 7 nitrogen and oxygen atoms in total. The van der Waals surface area contributed by atoms with E-state index in [2.05, 4.69) is 6.07 Å². The Morgan fingerprint density at radius 1 is 0.818 bits per heavy atom. The van der Waals surface area contributed by atoms with E-state index in [-0.39, 0.29) is 6.04 Å². The maximum atomic E-state index is 6.53. The minimum absolute atomic E-state index is 0.0130. The number of nitrogens with zero attached hydrogens (tertiary/aromatic N) is 2. The van der Waals surface area contributed by atoms with Crippen molar-refractivity contribution in [3.8, 4) is 28.7 Å². The summed E-state index contributed by atoms with van der Waals surface area (Å²) in [4.78, 5) is 0. The molecule has 33 heavy (non-hydrogen) atoms. The fourth-order valence-electron chi connectivity index (χ4n) is 4.43. The molecule has 0 saturated carbocycles. The van der Waals surface area contributed by atoms with E-state index in [9.17, 15) is 0 Å². The number of rotatable bonds is 6. The van der Waals surface area contributed by atoms with Crippen molar-refractivity contribution in [2.45, 2.75) is 18.7 Å². The second kappa shape index (κ2) is 8.58. The minimum atomic E-state index is -0.450. The summed E-state index contributed by atoms with van der Waals surface area (Å²) in [5, 5.41) is 7.05. The van der Waals surface area contributed by atoms with Gasteiger partial charge < -0.3 is 23.7 Å². The molecule has 7 heteroatoms. The molecule has 0 aromatic heterocycles. The van der Waals surface area contributed by atoms with E-state index in [0.717, 1.165) is 40.3 Å². The lowest BCUT2D eigenvalue weighted by molar-refractivity contribution is -0.0210. The summed E-state index contributed by atoms with van der Waals surface area (Å²) >= 11 is 0. The van der Waals surface area contributed by atoms with Crippen molar-refractivity contribution in [3.05, 3.63) is 77.4 Å². The van der Waals surface area contributed by atoms with Gasteiger partial charge in [-0.3, -0.25) is 0 Å². The molecule has 0 spiro atoms. The smallest absolute Gasteiger partial charge is 0.214 e. The molecule has 0 aliphatic carbocycles. The van der Waals surface area contributed by atoms with Crippen molar-refractivity contribution in [1.29, 1.82) is 0 Å². The van der Waals surface area contributed by atoms with E-state index < -0.39 is 6.23 Å². The molecule has 5 rings (SSSR count). The third kappa shape index (κ3) is 3.59. The van der Waals surface area contributed by atoms with Gasteiger partial charge in [-0.2, -0.15) is 5.10 Å². The van der Waals surface area contributed by atoms with E-state index in [4.69, 9.17) is 28.8 Å². The molecule has 170 valence electrons. The van der Waals surface area contributed by atoms with Crippen LogP contribution >= 0.6 is 0 Å². The molecule has 2 unspecified atom stereocenters. The lowest BCUT2D eigenvalue weighted by Crippen LogP contribution is -2.33. The summed E-state index contributed by atoms with van der Waals surface area (Å²) in [6.45, 7) is 0. The van der Waals surface area contributed by atoms with Gasteiger partial charge in [0, 0.05) is 17.5 Å². The highest BCUT2D eigenvalue weighted by Crippen LogP contribution is 2.51. The molecular weight excluding hydrogens is 420 g/mol. The van der Waals surface area contributed by atoms with Crippen molar-refractivity contribution < 1.29 is 23.7 Å². The Balaban J connectivity index is 1.60. The normalized spacial score (nSPS) is 18.5. The molecule has 0 fully saturated rings. The standard InChI is InChI=1S/C26H26N2O5/c1-29-18-11-8-16(9-12-18)20-15-21-19-6-5-7-23(31-3)25(19)33-26(28(21)27-20)17-10-13-22(30-2)24(14-17)32-4/h5-14,21,26H,15H2,1-4H3. The number of fused-ring (bicyclic) bond motifs is 3. The van der Waals surface area contributed by atoms with Crippen LogP contribution in [0.15, 0.2) is 65.8 Å². The van der Waals surface area contributed by atoms with Crippen LogP contribution in [0.25, 0.3) is 0 Å². The lowest BCUT2D eigenvalue weighted by atomic mass is 9.95. The number of hydrogen-bond donors (Lipinski definition) is 0. The highest BCUT2D eigenvalue weighted by atomic mass is 16.5. The number of ether oxygens (including phenoxy) is 5. The lowest BCUT2D eigenvalue weighted by Gasteiger charge is -2.38. The fraction of sp³-hybridized carbons (Fsp3) is 0.269. The van der Waals surface area contributed by atoms with Gasteiger partial charge in [0.2, 0.25) is 6.23 Å². The average Bonchev–Trinajstić information content (AvgIpc) is 3.33. The molecule has 0 N–H and O–H groups in total. The Bertz CT molecular complexity index is 1190. The van der Waals surface area contributed by atoms with Crippen molar-refractivity contribution in [2.24, 2.45) is 5.10 Å². The van der Waals surface area contributed by atoms with Crippen molar-refractivity contribution in [2.75, 3.05) is 28.4 Å².